The van der Waals surface area contributed by atoms with E-state index in [9.17, 15) is 23.6 Å². The number of nitrogens with two attached hydrogens (primary N) is 1. The summed E-state index contributed by atoms with van der Waals surface area (Å²) in [4.78, 5) is 68.5. The molecule has 2 amide bonds. The number of amides is 2. The van der Waals surface area contributed by atoms with Gasteiger partial charge in [-0.25, -0.2) is 23.8 Å². The van der Waals surface area contributed by atoms with Gasteiger partial charge in [-0.2, -0.15) is 10.1 Å². The highest BCUT2D eigenvalue weighted by Crippen LogP contribution is 2.32. The number of nitrogens with one attached hydrogen (secondary N) is 1. The molecule has 19 heteroatoms. The summed E-state index contributed by atoms with van der Waals surface area (Å²) in [7, 11) is 1.47. The first-order valence-electron chi connectivity index (χ1n) is 15.6. The third-order valence-corrected chi connectivity index (χ3v) is 9.25. The number of thioether (sulfide) groups is 1. The minimum Gasteiger partial charge on any atom is -0.494 e. The molecule has 51 heavy (non-hydrogen) atoms. The van der Waals surface area contributed by atoms with Crippen LogP contribution < -0.4 is 16.2 Å². The first-order valence-corrected chi connectivity index (χ1v) is 16.7. The lowest BCUT2D eigenvalue weighted by atomic mass is 10.1. The Bertz CT molecular complexity index is 2130. The van der Waals surface area contributed by atoms with E-state index in [4.69, 9.17) is 20.3 Å². The van der Waals surface area contributed by atoms with E-state index in [1.165, 1.54) is 47.2 Å². The molecular weight excluding hydrogens is 687 g/mol. The molecule has 5 aromatic rings. The number of methoxy groups -OCH3 is 1. The van der Waals surface area contributed by atoms with Crippen molar-refractivity contribution in [3.63, 3.8) is 0 Å². The summed E-state index contributed by atoms with van der Waals surface area (Å²) in [6, 6.07) is 9.00. The van der Waals surface area contributed by atoms with Gasteiger partial charge in [0.05, 0.1) is 42.6 Å². The largest absolute Gasteiger partial charge is 0.494 e. The highest BCUT2D eigenvalue weighted by Gasteiger charge is 2.32. The Morgan fingerprint density at radius 1 is 1.14 bits per heavy atom. The number of carbonyl (C=O) groups is 3. The molecule has 0 unspecified atom stereocenters. The predicted octanol–water partition coefficient (Wildman–Crippen LogP) is 1.17. The molecule has 2 aliphatic heterocycles. The van der Waals surface area contributed by atoms with Crippen LogP contribution in [0.3, 0.4) is 0 Å². The fourth-order valence-corrected chi connectivity index (χ4v) is 6.47. The molecule has 17 nitrogen and oxygen atoms in total. The topological polar surface area (TPSA) is 217 Å². The maximum Gasteiger partial charge on any atom is 0.351 e. The first-order chi connectivity index (χ1) is 24.6. The predicted molar refractivity (Wildman–Crippen MR) is 182 cm³/mol. The molecule has 2 atom stereocenters. The van der Waals surface area contributed by atoms with E-state index in [1.807, 2.05) is 18.2 Å². The fourth-order valence-electron chi connectivity index (χ4n) is 5.54. The lowest BCUT2D eigenvalue weighted by molar-refractivity contribution is -0.127. The van der Waals surface area contributed by atoms with Gasteiger partial charge in [-0.15, -0.1) is 11.8 Å². The maximum absolute atomic E-state index is 13.3. The van der Waals surface area contributed by atoms with Crippen molar-refractivity contribution in [1.29, 1.82) is 0 Å². The van der Waals surface area contributed by atoms with Crippen molar-refractivity contribution in [2.75, 3.05) is 51.4 Å². The Kier molecular flexibility index (Phi) is 10.4. The molecule has 0 saturated carbocycles. The number of hydrogen-bond acceptors (Lipinski definition) is 13. The Hall–Kier alpha value is -5.66. The second-order valence-electron chi connectivity index (χ2n) is 11.3. The van der Waals surface area contributed by atoms with Crippen LogP contribution >= 0.6 is 11.8 Å². The number of nitrogen functional groups attached to an aromatic ring is 1. The van der Waals surface area contributed by atoms with E-state index >= 15 is 0 Å². The van der Waals surface area contributed by atoms with Gasteiger partial charge < -0.3 is 35.1 Å². The summed E-state index contributed by atoms with van der Waals surface area (Å²) < 4.78 is 26.4. The van der Waals surface area contributed by atoms with Crippen molar-refractivity contribution in [2.45, 2.75) is 18.6 Å². The average Bonchev–Trinajstić information content (AvgIpc) is 3.93. The molecular formula is C32H33FN10O7S. The van der Waals surface area contributed by atoms with Crippen molar-refractivity contribution in [3.05, 3.63) is 88.5 Å². The number of piperazine rings is 1. The Morgan fingerprint density at radius 3 is 2.51 bits per heavy atom. The van der Waals surface area contributed by atoms with E-state index in [0.717, 1.165) is 10.8 Å². The van der Waals surface area contributed by atoms with E-state index in [2.05, 4.69) is 25.0 Å². The number of nitrogens with zero attached hydrogens (tertiary/aromatic N) is 8. The number of benzene rings is 1. The third kappa shape index (κ3) is 7.30. The number of ether oxygens (including phenoxy) is 2. The number of aryl methyl sites for hydroxylation is 1. The van der Waals surface area contributed by atoms with Crippen molar-refractivity contribution >= 4 is 46.1 Å². The van der Waals surface area contributed by atoms with Gasteiger partial charge >= 0.3 is 5.69 Å². The third-order valence-electron chi connectivity index (χ3n) is 8.14. The van der Waals surface area contributed by atoms with Gasteiger partial charge in [0.1, 0.15) is 29.6 Å². The number of aromatic amines is 1. The number of carbonyl (C=O) groups excluding carboxylic acids is 3. The number of hydrogen-bond donors (Lipinski definition) is 3. The standard InChI is InChI=1S/C24H23N7O4.C8H10FN3O3S/c1-15-27-14-31(28-15)22-20-19(18(35-2)13-26-22)17(12-25-20)21(32)24(34)30-10-8-29(9-11-30)23(33)16-6-4-3-5-7-16;9-4-1-12(8(14)11-7(4)10)5-3-16-6(2-13)15-5/h3-7,12-14,25H,8-11H2,1-2H3;1,5-6,13H,2-3H2,(H2,10,11,14)/t;5-,6+/m.0/s1. The second-order valence-corrected chi connectivity index (χ2v) is 12.5. The van der Waals surface area contributed by atoms with Crippen LogP contribution in [-0.2, 0) is 9.53 Å². The quantitative estimate of drug-likeness (QED) is 0.159. The Labute approximate surface area is 293 Å². The number of fused-ring (bicyclic) bond motifs is 1. The molecule has 7 rings (SSSR count). The highest BCUT2D eigenvalue weighted by molar-refractivity contribution is 8.00. The van der Waals surface area contributed by atoms with Crippen LogP contribution in [0, 0.1) is 12.7 Å². The smallest absolute Gasteiger partial charge is 0.351 e. The molecule has 2 saturated heterocycles. The van der Waals surface area contributed by atoms with Gasteiger partial charge in [-0.05, 0) is 19.1 Å². The summed E-state index contributed by atoms with van der Waals surface area (Å²) in [5, 5.41) is 13.6. The minimum atomic E-state index is -0.763. The van der Waals surface area contributed by atoms with Gasteiger partial charge in [0.25, 0.3) is 17.6 Å². The first kappa shape index (κ1) is 35.2. The highest BCUT2D eigenvalue weighted by atomic mass is 32.2. The van der Waals surface area contributed by atoms with Gasteiger partial charge in [0.15, 0.2) is 17.5 Å². The van der Waals surface area contributed by atoms with Crippen LogP contribution in [0.2, 0.25) is 0 Å². The number of aliphatic hydroxyl groups excluding tert-OH is 1. The Morgan fingerprint density at radius 2 is 1.86 bits per heavy atom. The van der Waals surface area contributed by atoms with E-state index < -0.39 is 40.7 Å². The van der Waals surface area contributed by atoms with Gasteiger partial charge in [0, 0.05) is 43.7 Å². The molecule has 0 aliphatic carbocycles. The number of pyridine rings is 1. The van der Waals surface area contributed by atoms with Crippen molar-refractivity contribution < 1.29 is 33.4 Å². The summed E-state index contributed by atoms with van der Waals surface area (Å²) in [5.74, 6) is -0.758. The fraction of sp³-hybridized carbons (Fsp3) is 0.312. The minimum absolute atomic E-state index is 0.0891. The zero-order valence-electron chi connectivity index (χ0n) is 27.4. The molecule has 4 N–H and O–H groups in total. The summed E-state index contributed by atoms with van der Waals surface area (Å²) in [5.41, 5.74) is 5.39. The summed E-state index contributed by atoms with van der Waals surface area (Å²) >= 11 is 1.35. The van der Waals surface area contributed by atoms with E-state index in [0.29, 0.717) is 52.7 Å². The molecule has 2 aliphatic rings. The van der Waals surface area contributed by atoms with Crippen LogP contribution in [0.5, 0.6) is 5.75 Å². The number of halogens is 1. The van der Waals surface area contributed by atoms with Crippen LogP contribution in [0.15, 0.2) is 60.0 Å². The number of Topliss-reactive ketones (excluding diaryl/α,β-unsaturated/α-hetero) is 1. The molecule has 2 fully saturated rings. The van der Waals surface area contributed by atoms with Crippen LogP contribution in [0.25, 0.3) is 16.7 Å². The molecule has 0 radical (unpaired) electrons. The molecule has 1 aromatic carbocycles. The van der Waals surface area contributed by atoms with Gasteiger partial charge in [0.2, 0.25) is 0 Å². The van der Waals surface area contributed by atoms with Crippen LogP contribution in [-0.4, -0.2) is 118 Å². The maximum atomic E-state index is 13.3. The number of ketones is 1. The molecule has 266 valence electrons. The van der Waals surface area contributed by atoms with Crippen molar-refractivity contribution in [1.82, 2.24) is 44.1 Å². The zero-order valence-corrected chi connectivity index (χ0v) is 28.2. The van der Waals surface area contributed by atoms with Crippen molar-refractivity contribution in [2.24, 2.45) is 0 Å². The lowest BCUT2D eigenvalue weighted by Gasteiger charge is -2.34. The number of H-pyrrole nitrogens is 1. The SMILES string of the molecule is COc1cnc(-n2cnc(C)n2)c2[nH]cc(C(=O)C(=O)N3CCN(C(=O)c4ccccc4)CC3)c12.Nc1nc(=O)n([C@@H]2CS[C@H](CO)O2)cc1F. The van der Waals surface area contributed by atoms with Crippen LogP contribution in [0.1, 0.15) is 32.8 Å². The molecule has 6 heterocycles. The zero-order chi connectivity index (χ0) is 36.2. The number of aromatic nitrogens is 7. The number of rotatable bonds is 7. The van der Waals surface area contributed by atoms with Crippen molar-refractivity contribution in [3.8, 4) is 11.6 Å². The monoisotopic (exact) mass is 720 g/mol. The summed E-state index contributed by atoms with van der Waals surface area (Å²) in [6.45, 7) is 2.85. The van der Waals surface area contributed by atoms with E-state index in [1.54, 1.807) is 24.0 Å². The van der Waals surface area contributed by atoms with Crippen LogP contribution in [0.4, 0.5) is 10.2 Å². The van der Waals surface area contributed by atoms with E-state index in [-0.39, 0.29) is 31.2 Å². The van der Waals surface area contributed by atoms with Gasteiger partial charge in [-0.3, -0.25) is 19.0 Å². The normalized spacial score (nSPS) is 17.3. The Balaban J connectivity index is 0.000000234. The number of anilines is 1. The second kappa shape index (κ2) is 15.1. The number of aliphatic hydroxyl groups is 1. The lowest BCUT2D eigenvalue weighted by Crippen LogP contribution is -2.52. The summed E-state index contributed by atoms with van der Waals surface area (Å²) in [6.07, 6.45) is 4.84. The van der Waals surface area contributed by atoms with Gasteiger partial charge in [-0.1, -0.05) is 18.2 Å². The molecule has 0 bridgehead atoms. The molecule has 4 aromatic heterocycles. The average molecular weight is 721 g/mol. The molecule has 0 spiro atoms.